The number of nitrogens with zero attached hydrogens (tertiary/aromatic N) is 8. The van der Waals surface area contributed by atoms with Crippen LogP contribution >= 0.6 is 86.8 Å². The molecule has 32 nitrogen and oxygen atoms in total. The molecular formula is C92H119Cl7N16O16. The Morgan fingerprint density at radius 2 is 0.290 bits per heavy atom. The SMILES string of the molecule is COc1cc(C2=NCCN2)ccc1OCCCOc1ccc(C2=NCCN2)cc1OC.COc1cc(C2=NCCN2)ccc1OCCCOc1ccc(C2=NCCN2)cc1OC.COc1cc(C2=NCCN2)ccc1OCCCOc1ccc(C2=NCCN2)cc1OC.COc1cc(C2=NCCN2)ccc1OCCCOc1ccc(C2=NCCN2)cc1OC.Cl.Cl.Cl.Cl.Cl.Cl.Cl. The molecule has 0 aromatic heterocycles. The maximum atomic E-state index is 5.91. The summed E-state index contributed by atoms with van der Waals surface area (Å²) < 4.78 is 91.1. The van der Waals surface area contributed by atoms with Crippen molar-refractivity contribution in [3.63, 3.8) is 0 Å². The summed E-state index contributed by atoms with van der Waals surface area (Å²) in [5.41, 5.74) is 8.00. The summed E-state index contributed by atoms with van der Waals surface area (Å²) in [5.74, 6) is 18.3. The zero-order valence-corrected chi connectivity index (χ0v) is 80.3. The monoisotopic (exact) mass is 1950 g/mol. The van der Waals surface area contributed by atoms with Crippen molar-refractivity contribution in [1.82, 2.24) is 42.5 Å². The minimum absolute atomic E-state index is 0. The summed E-state index contributed by atoms with van der Waals surface area (Å²) in [4.78, 5) is 35.5. The molecule has 0 saturated carbocycles. The largest absolute Gasteiger partial charge is 0.493 e. The van der Waals surface area contributed by atoms with Crippen LogP contribution in [0.4, 0.5) is 0 Å². The summed E-state index contributed by atoms with van der Waals surface area (Å²) in [7, 11) is 13.1. The van der Waals surface area contributed by atoms with Crippen LogP contribution in [0.5, 0.6) is 92.0 Å². The molecule has 0 unspecified atom stereocenters. The molecular weight excluding hydrogens is 1830 g/mol. The quantitative estimate of drug-likeness (QED) is 0.0165. The van der Waals surface area contributed by atoms with Crippen molar-refractivity contribution in [2.45, 2.75) is 25.7 Å². The number of halogens is 7. The normalized spacial score (nSPS) is 14.1. The summed E-state index contributed by atoms with van der Waals surface area (Å²) in [6.07, 6.45) is 2.88. The average molecular weight is 1950 g/mol. The Hall–Kier alpha value is -11.7. The standard InChI is InChI=1S/4C23H28N4O4.7ClH/c4*1-28-20-14-16(22-24-8-9-25-22)4-6-18(20)30-12-3-13-31-19-7-5-17(15-21(19)29-2)23-26-10-11-27-23;;;;;;;/h4*4-7,14-15H,3,8-13H2,1-2H3,(H,24,25)(H,26,27);7*1H. The second kappa shape index (κ2) is 57.5. The molecule has 0 spiro atoms. The van der Waals surface area contributed by atoms with E-state index < -0.39 is 0 Å². The number of methoxy groups -OCH3 is 8. The van der Waals surface area contributed by atoms with Gasteiger partial charge in [-0.25, -0.2) is 0 Å². The molecule has 8 aliphatic rings. The number of hydrogen-bond donors (Lipinski definition) is 8. The van der Waals surface area contributed by atoms with E-state index in [2.05, 4.69) is 82.5 Å². The predicted octanol–water partition coefficient (Wildman–Crippen LogP) is 12.0. The molecule has 131 heavy (non-hydrogen) atoms. The van der Waals surface area contributed by atoms with Crippen LogP contribution in [0.1, 0.15) is 70.2 Å². The summed E-state index contributed by atoms with van der Waals surface area (Å²) in [6, 6.07) is 46.8. The first kappa shape index (κ1) is 108. The molecule has 8 N–H and O–H groups in total. The molecule has 712 valence electrons. The van der Waals surface area contributed by atoms with E-state index in [0.717, 1.165) is 222 Å². The molecule has 8 aliphatic heterocycles. The highest BCUT2D eigenvalue weighted by Crippen LogP contribution is 2.37. The Morgan fingerprint density at radius 1 is 0.176 bits per heavy atom. The van der Waals surface area contributed by atoms with Gasteiger partial charge in [-0.1, -0.05) is 0 Å². The van der Waals surface area contributed by atoms with E-state index in [1.54, 1.807) is 56.9 Å². The molecule has 0 aliphatic carbocycles. The number of ether oxygens (including phenoxy) is 16. The molecule has 0 fully saturated rings. The van der Waals surface area contributed by atoms with Crippen molar-refractivity contribution in [3.05, 3.63) is 190 Å². The van der Waals surface area contributed by atoms with Crippen molar-refractivity contribution < 1.29 is 75.8 Å². The van der Waals surface area contributed by atoms with Crippen molar-refractivity contribution >= 4 is 134 Å². The van der Waals surface area contributed by atoms with E-state index in [1.807, 2.05) is 146 Å². The smallest absolute Gasteiger partial charge is 0.161 e. The first-order chi connectivity index (χ1) is 61.1. The van der Waals surface area contributed by atoms with Gasteiger partial charge in [0.1, 0.15) is 46.7 Å². The van der Waals surface area contributed by atoms with Gasteiger partial charge in [0.25, 0.3) is 0 Å². The lowest BCUT2D eigenvalue weighted by atomic mass is 10.2. The van der Waals surface area contributed by atoms with Crippen LogP contribution in [0.25, 0.3) is 0 Å². The van der Waals surface area contributed by atoms with Gasteiger partial charge < -0.3 is 118 Å². The van der Waals surface area contributed by atoms with Gasteiger partial charge in [0.05, 0.1) is 162 Å². The fourth-order valence-corrected chi connectivity index (χ4v) is 13.9. The molecule has 0 saturated heterocycles. The Bertz CT molecular complexity index is 4250. The van der Waals surface area contributed by atoms with E-state index in [1.165, 1.54) is 0 Å². The average Bonchev–Trinajstić information content (AvgIpc) is 1.82. The van der Waals surface area contributed by atoms with Crippen molar-refractivity contribution in [1.29, 1.82) is 0 Å². The lowest BCUT2D eigenvalue weighted by Gasteiger charge is -2.14. The number of amidine groups is 8. The maximum Gasteiger partial charge on any atom is 0.161 e. The van der Waals surface area contributed by atoms with Gasteiger partial charge >= 0.3 is 0 Å². The number of rotatable bonds is 40. The van der Waals surface area contributed by atoms with Crippen LogP contribution in [-0.2, 0) is 0 Å². The fourth-order valence-electron chi connectivity index (χ4n) is 13.9. The number of nitrogens with one attached hydrogen (secondary N) is 8. The first-order valence-electron chi connectivity index (χ1n) is 41.9. The van der Waals surface area contributed by atoms with Crippen molar-refractivity contribution in [2.75, 3.05) is 214 Å². The molecule has 8 heterocycles. The third-order valence-electron chi connectivity index (χ3n) is 20.1. The highest BCUT2D eigenvalue weighted by molar-refractivity contribution is 6.04. The summed E-state index contributed by atoms with van der Waals surface area (Å²) in [6.45, 7) is 17.4. The third kappa shape index (κ3) is 30.7. The van der Waals surface area contributed by atoms with Crippen molar-refractivity contribution in [2.24, 2.45) is 39.9 Å². The molecule has 39 heteroatoms. The minimum Gasteiger partial charge on any atom is -0.493 e. The van der Waals surface area contributed by atoms with Gasteiger partial charge in [0, 0.05) is 123 Å². The number of hydrogen-bond acceptors (Lipinski definition) is 32. The predicted molar refractivity (Wildman–Crippen MR) is 532 cm³/mol. The summed E-state index contributed by atoms with van der Waals surface area (Å²) in [5, 5.41) is 26.1. The van der Waals surface area contributed by atoms with Crippen LogP contribution in [0, 0.1) is 0 Å². The van der Waals surface area contributed by atoms with Gasteiger partial charge in [0.2, 0.25) is 0 Å². The zero-order chi connectivity index (χ0) is 85.9. The molecule has 8 aromatic carbocycles. The Balaban J connectivity index is 0.000000264. The van der Waals surface area contributed by atoms with E-state index in [4.69, 9.17) is 75.8 Å². The zero-order valence-electron chi connectivity index (χ0n) is 74.6. The van der Waals surface area contributed by atoms with Crippen LogP contribution in [0.2, 0.25) is 0 Å². The van der Waals surface area contributed by atoms with Gasteiger partial charge in [-0.05, 0) is 146 Å². The fraction of sp³-hybridized carbons (Fsp3) is 0.391. The Morgan fingerprint density at radius 3 is 0.382 bits per heavy atom. The van der Waals surface area contributed by atoms with E-state index >= 15 is 0 Å². The summed E-state index contributed by atoms with van der Waals surface area (Å²) >= 11 is 0. The van der Waals surface area contributed by atoms with Crippen LogP contribution in [0.15, 0.2) is 186 Å². The lowest BCUT2D eigenvalue weighted by Crippen LogP contribution is -2.19. The molecule has 8 aromatic rings. The van der Waals surface area contributed by atoms with E-state index in [0.29, 0.717) is 145 Å². The first-order valence-corrected chi connectivity index (χ1v) is 41.9. The van der Waals surface area contributed by atoms with Crippen LogP contribution < -0.4 is 118 Å². The molecule has 0 bridgehead atoms. The highest BCUT2D eigenvalue weighted by Gasteiger charge is 2.22. The van der Waals surface area contributed by atoms with Gasteiger partial charge in [0.15, 0.2) is 92.0 Å². The van der Waals surface area contributed by atoms with Crippen LogP contribution in [0.3, 0.4) is 0 Å². The lowest BCUT2D eigenvalue weighted by molar-refractivity contribution is 0.234. The van der Waals surface area contributed by atoms with Crippen molar-refractivity contribution in [3.8, 4) is 92.0 Å². The van der Waals surface area contributed by atoms with E-state index in [-0.39, 0.29) is 86.8 Å². The number of benzene rings is 8. The Kier molecular flexibility index (Phi) is 47.5. The topological polar surface area (TPSA) is 343 Å². The third-order valence-corrected chi connectivity index (χ3v) is 20.1. The second-order valence-corrected chi connectivity index (χ2v) is 28.4. The van der Waals surface area contributed by atoms with Gasteiger partial charge in [-0.3, -0.25) is 39.9 Å². The molecule has 0 amide bonds. The molecule has 0 radical (unpaired) electrons. The van der Waals surface area contributed by atoms with Gasteiger partial charge in [-0.2, -0.15) is 0 Å². The molecule has 16 rings (SSSR count). The Labute approximate surface area is 808 Å². The minimum atomic E-state index is 0. The number of aliphatic imine (C=N–C) groups is 8. The maximum absolute atomic E-state index is 5.91. The van der Waals surface area contributed by atoms with E-state index in [9.17, 15) is 0 Å². The molecule has 0 atom stereocenters. The van der Waals surface area contributed by atoms with Crippen LogP contribution in [-0.4, -0.2) is 261 Å². The highest BCUT2D eigenvalue weighted by atomic mass is 35.5. The second-order valence-electron chi connectivity index (χ2n) is 28.4. The van der Waals surface area contributed by atoms with Gasteiger partial charge in [-0.15, -0.1) is 86.8 Å².